The summed E-state index contributed by atoms with van der Waals surface area (Å²) in [5, 5.41) is 5.32. The molecule has 0 aliphatic heterocycles. The van der Waals surface area contributed by atoms with Crippen molar-refractivity contribution in [1.29, 1.82) is 0 Å². The predicted octanol–water partition coefficient (Wildman–Crippen LogP) is 2.58. The lowest BCUT2D eigenvalue weighted by Crippen LogP contribution is -2.15. The van der Waals surface area contributed by atoms with Gasteiger partial charge in [-0.2, -0.15) is 0 Å². The van der Waals surface area contributed by atoms with E-state index in [-0.39, 0.29) is 26.4 Å². The zero-order valence-electron chi connectivity index (χ0n) is 11.5. The molecule has 23 heavy (non-hydrogen) atoms. The Labute approximate surface area is 144 Å². The Morgan fingerprint density at radius 3 is 2.04 bits per heavy atom. The number of halogens is 2. The Hall–Kier alpha value is -1.32. The van der Waals surface area contributed by atoms with Crippen molar-refractivity contribution in [3.8, 4) is 0 Å². The molecule has 0 radical (unpaired) electrons. The third-order valence-corrected chi connectivity index (χ3v) is 5.63. The second kappa shape index (κ2) is 6.66. The second-order valence-electron chi connectivity index (χ2n) is 4.69. The number of anilines is 1. The monoisotopic (exact) mass is 394 g/mol. The van der Waals surface area contributed by atoms with Crippen molar-refractivity contribution in [3.05, 3.63) is 58.1 Å². The van der Waals surface area contributed by atoms with Crippen LogP contribution in [0.25, 0.3) is 0 Å². The summed E-state index contributed by atoms with van der Waals surface area (Å²) >= 11 is 11.6. The summed E-state index contributed by atoms with van der Waals surface area (Å²) in [5.41, 5.74) is 0.722. The van der Waals surface area contributed by atoms with E-state index in [0.29, 0.717) is 5.56 Å². The number of sulfonamides is 2. The van der Waals surface area contributed by atoms with Crippen LogP contribution in [0.2, 0.25) is 10.0 Å². The van der Waals surface area contributed by atoms with E-state index in [1.165, 1.54) is 42.5 Å². The molecule has 124 valence electrons. The minimum atomic E-state index is -3.84. The van der Waals surface area contributed by atoms with Crippen LogP contribution in [0.15, 0.2) is 47.4 Å². The molecule has 2 aromatic carbocycles. The Balaban J connectivity index is 2.22. The quantitative estimate of drug-likeness (QED) is 0.812. The summed E-state index contributed by atoms with van der Waals surface area (Å²) < 4.78 is 48.9. The molecule has 0 bridgehead atoms. The average molecular weight is 395 g/mol. The highest BCUT2D eigenvalue weighted by Gasteiger charge is 2.16. The molecule has 0 amide bonds. The van der Waals surface area contributed by atoms with Crippen molar-refractivity contribution >= 4 is 48.9 Å². The van der Waals surface area contributed by atoms with Gasteiger partial charge >= 0.3 is 0 Å². The van der Waals surface area contributed by atoms with E-state index in [2.05, 4.69) is 4.72 Å². The molecule has 0 unspecified atom stereocenters. The molecule has 0 atom stereocenters. The maximum absolute atomic E-state index is 12.3. The van der Waals surface area contributed by atoms with Crippen molar-refractivity contribution in [2.24, 2.45) is 5.14 Å². The molecule has 0 saturated heterocycles. The molecular formula is C13H12Cl2N2O4S2. The topological polar surface area (TPSA) is 106 Å². The predicted molar refractivity (Wildman–Crippen MR) is 90.5 cm³/mol. The van der Waals surface area contributed by atoms with Gasteiger partial charge in [0.25, 0.3) is 10.0 Å². The van der Waals surface area contributed by atoms with Gasteiger partial charge in [0.1, 0.15) is 0 Å². The summed E-state index contributed by atoms with van der Waals surface area (Å²) in [4.78, 5) is -0.0412. The fourth-order valence-electron chi connectivity index (χ4n) is 1.76. The van der Waals surface area contributed by atoms with Crippen LogP contribution in [0, 0.1) is 0 Å². The number of rotatable bonds is 5. The minimum absolute atomic E-state index is 0.0412. The summed E-state index contributed by atoms with van der Waals surface area (Å²) in [5.74, 6) is -0.327. The Kier molecular flexibility index (Phi) is 5.22. The lowest BCUT2D eigenvalue weighted by Gasteiger charge is -2.09. The SMILES string of the molecule is NS(=O)(=O)Cc1ccc(NS(=O)(=O)c2ccc(Cl)c(Cl)c2)cc1. The van der Waals surface area contributed by atoms with Gasteiger partial charge < -0.3 is 0 Å². The van der Waals surface area contributed by atoms with Gasteiger partial charge in [0.15, 0.2) is 0 Å². The third-order valence-electron chi connectivity index (χ3n) is 2.78. The van der Waals surface area contributed by atoms with Crippen LogP contribution in [-0.4, -0.2) is 16.8 Å². The van der Waals surface area contributed by atoms with E-state index in [1.807, 2.05) is 0 Å². The summed E-state index contributed by atoms with van der Waals surface area (Å²) in [6.45, 7) is 0. The van der Waals surface area contributed by atoms with E-state index in [1.54, 1.807) is 0 Å². The first-order chi connectivity index (χ1) is 10.6. The van der Waals surface area contributed by atoms with Gasteiger partial charge in [0.2, 0.25) is 10.0 Å². The summed E-state index contributed by atoms with van der Waals surface area (Å²) in [6, 6.07) is 9.76. The first-order valence-electron chi connectivity index (χ1n) is 6.14. The van der Waals surface area contributed by atoms with E-state index in [0.717, 1.165) is 0 Å². The van der Waals surface area contributed by atoms with Crippen molar-refractivity contribution in [2.75, 3.05) is 4.72 Å². The van der Waals surface area contributed by atoms with Crippen molar-refractivity contribution in [3.63, 3.8) is 0 Å². The standard InChI is InChI=1S/C13H12Cl2N2O4S2/c14-12-6-5-11(7-13(12)15)23(20,21)17-10-3-1-9(2-4-10)8-22(16,18)19/h1-7,17H,8H2,(H2,16,18,19). The zero-order chi connectivity index (χ0) is 17.3. The molecule has 3 N–H and O–H groups in total. The third kappa shape index (κ3) is 5.08. The molecule has 0 heterocycles. The smallest absolute Gasteiger partial charge is 0.261 e. The number of benzene rings is 2. The van der Waals surface area contributed by atoms with Gasteiger partial charge in [0, 0.05) is 5.69 Å². The van der Waals surface area contributed by atoms with Crippen molar-refractivity contribution in [2.45, 2.75) is 10.6 Å². The lowest BCUT2D eigenvalue weighted by molar-refractivity contribution is 0.596. The molecule has 2 rings (SSSR count). The number of nitrogens with one attached hydrogen (secondary N) is 1. The van der Waals surface area contributed by atoms with Crippen molar-refractivity contribution in [1.82, 2.24) is 0 Å². The zero-order valence-corrected chi connectivity index (χ0v) is 14.7. The molecule has 0 aliphatic carbocycles. The highest BCUT2D eigenvalue weighted by atomic mass is 35.5. The van der Waals surface area contributed by atoms with E-state index in [4.69, 9.17) is 28.3 Å². The van der Waals surface area contributed by atoms with Crippen LogP contribution in [0.4, 0.5) is 5.69 Å². The van der Waals surface area contributed by atoms with Gasteiger partial charge in [-0.1, -0.05) is 35.3 Å². The fraction of sp³-hybridized carbons (Fsp3) is 0.0769. The minimum Gasteiger partial charge on any atom is -0.280 e. The number of hydrogen-bond acceptors (Lipinski definition) is 4. The summed E-state index contributed by atoms with van der Waals surface area (Å²) in [6.07, 6.45) is 0. The Morgan fingerprint density at radius 1 is 0.913 bits per heavy atom. The molecule has 0 aromatic heterocycles. The molecule has 0 spiro atoms. The van der Waals surface area contributed by atoms with Gasteiger partial charge in [-0.3, -0.25) is 4.72 Å². The first kappa shape index (κ1) is 18.0. The Morgan fingerprint density at radius 2 is 1.52 bits per heavy atom. The number of primary sulfonamides is 1. The normalized spacial score (nSPS) is 12.1. The van der Waals surface area contributed by atoms with E-state index >= 15 is 0 Å². The lowest BCUT2D eigenvalue weighted by atomic mass is 10.2. The van der Waals surface area contributed by atoms with E-state index in [9.17, 15) is 16.8 Å². The molecule has 10 heteroatoms. The van der Waals surface area contributed by atoms with Gasteiger partial charge in [-0.25, -0.2) is 22.0 Å². The van der Waals surface area contributed by atoms with Crippen LogP contribution in [0.3, 0.4) is 0 Å². The molecule has 2 aromatic rings. The number of nitrogens with two attached hydrogens (primary N) is 1. The highest BCUT2D eigenvalue weighted by Crippen LogP contribution is 2.26. The van der Waals surface area contributed by atoms with E-state index < -0.39 is 20.0 Å². The van der Waals surface area contributed by atoms with Crippen LogP contribution >= 0.6 is 23.2 Å². The molecule has 6 nitrogen and oxygen atoms in total. The fourth-order valence-corrected chi connectivity index (χ4v) is 3.86. The average Bonchev–Trinajstić information content (AvgIpc) is 2.42. The molecule has 0 saturated carbocycles. The largest absolute Gasteiger partial charge is 0.280 e. The number of hydrogen-bond donors (Lipinski definition) is 2. The van der Waals surface area contributed by atoms with Crippen molar-refractivity contribution < 1.29 is 16.8 Å². The van der Waals surface area contributed by atoms with Gasteiger partial charge in [-0.05, 0) is 35.9 Å². The summed E-state index contributed by atoms with van der Waals surface area (Å²) in [7, 11) is -7.48. The molecule has 0 fully saturated rings. The van der Waals surface area contributed by atoms with Gasteiger partial charge in [-0.15, -0.1) is 0 Å². The van der Waals surface area contributed by atoms with Crippen LogP contribution in [-0.2, 0) is 25.8 Å². The Bertz CT molecular complexity index is 927. The molecular weight excluding hydrogens is 383 g/mol. The van der Waals surface area contributed by atoms with Crippen LogP contribution < -0.4 is 9.86 Å². The maximum Gasteiger partial charge on any atom is 0.261 e. The highest BCUT2D eigenvalue weighted by molar-refractivity contribution is 7.92. The van der Waals surface area contributed by atoms with Gasteiger partial charge in [0.05, 0.1) is 20.7 Å². The van der Waals surface area contributed by atoms with Crippen LogP contribution in [0.1, 0.15) is 5.56 Å². The molecule has 0 aliphatic rings. The second-order valence-corrected chi connectivity index (χ2v) is 8.80. The maximum atomic E-state index is 12.3. The van der Waals surface area contributed by atoms with Crippen LogP contribution in [0.5, 0.6) is 0 Å². The first-order valence-corrected chi connectivity index (χ1v) is 10.1.